The molecular weight excluding hydrogens is 513 g/mol. The number of anilines is 1. The molecule has 3 unspecified atom stereocenters. The smallest absolute Gasteiger partial charge is 0.325 e. The van der Waals surface area contributed by atoms with Crippen LogP contribution in [0.15, 0.2) is 24.3 Å². The van der Waals surface area contributed by atoms with Gasteiger partial charge < -0.3 is 24.6 Å². The molecule has 0 radical (unpaired) electrons. The van der Waals surface area contributed by atoms with Crippen LogP contribution in [0, 0.1) is 11.7 Å². The van der Waals surface area contributed by atoms with Gasteiger partial charge in [-0.2, -0.15) is 0 Å². The Bertz CT molecular complexity index is 1210. The van der Waals surface area contributed by atoms with Gasteiger partial charge in [0.1, 0.15) is 23.4 Å². The number of aliphatic carboxylic acids is 1. The van der Waals surface area contributed by atoms with Crippen molar-refractivity contribution in [3.63, 3.8) is 0 Å². The van der Waals surface area contributed by atoms with Crippen LogP contribution in [0.3, 0.4) is 0 Å². The summed E-state index contributed by atoms with van der Waals surface area (Å²) in [4.78, 5) is 19.2. The first-order valence-electron chi connectivity index (χ1n) is 14.6. The maximum Gasteiger partial charge on any atom is 0.325 e. The lowest BCUT2D eigenvalue weighted by atomic mass is 9.81. The molecule has 0 bridgehead atoms. The number of hydrogen-bond acceptors (Lipinski definition) is 7. The van der Waals surface area contributed by atoms with Crippen LogP contribution >= 0.6 is 0 Å². The summed E-state index contributed by atoms with van der Waals surface area (Å²) < 4.78 is 32.4. The van der Waals surface area contributed by atoms with E-state index in [-0.39, 0.29) is 12.0 Å². The zero-order valence-corrected chi connectivity index (χ0v) is 23.9. The van der Waals surface area contributed by atoms with Gasteiger partial charge >= 0.3 is 5.97 Å². The van der Waals surface area contributed by atoms with E-state index < -0.39 is 23.4 Å². The van der Waals surface area contributed by atoms with Crippen molar-refractivity contribution in [2.24, 2.45) is 5.92 Å². The molecule has 8 nitrogen and oxygen atoms in total. The minimum Gasteiger partial charge on any atom is -0.493 e. The van der Waals surface area contributed by atoms with Gasteiger partial charge in [-0.3, -0.25) is 9.69 Å². The topological polar surface area (TPSA) is 93.2 Å². The van der Waals surface area contributed by atoms with Crippen LogP contribution in [0.2, 0.25) is 0 Å². The molecule has 40 heavy (non-hydrogen) atoms. The standard InChI is InChI=1S/C31H42FN3O5/c1-31(2,38-3)21-15-25-26(16-22(32)17-27(25)40-19-21)28(30(36)37)35-13-11-24(18-35)39-14-5-4-8-23-10-9-20-7-6-12-33-29(20)34-23/h9-10,16-17,21,24,28H,4-8,11-15,18-19H2,1-3H3,(H,33,34)(H,36,37). The number of carboxylic acid groups (broad SMARTS) is 1. The Balaban J connectivity index is 1.17. The van der Waals surface area contributed by atoms with Crippen LogP contribution in [0.1, 0.15) is 68.0 Å². The molecule has 5 rings (SSSR count). The second kappa shape index (κ2) is 12.4. The van der Waals surface area contributed by atoms with Gasteiger partial charge in [0.05, 0.1) is 18.3 Å². The fourth-order valence-corrected chi connectivity index (χ4v) is 6.11. The number of pyridine rings is 1. The summed E-state index contributed by atoms with van der Waals surface area (Å²) >= 11 is 0. The number of aryl methyl sites for hydroxylation is 2. The number of fused-ring (bicyclic) bond motifs is 2. The number of unbranched alkanes of at least 4 members (excludes halogenated alkanes) is 1. The van der Waals surface area contributed by atoms with E-state index in [4.69, 9.17) is 19.2 Å². The highest BCUT2D eigenvalue weighted by molar-refractivity contribution is 5.77. The first kappa shape index (κ1) is 28.8. The number of nitrogens with zero attached hydrogens (tertiary/aromatic N) is 2. The Morgan fingerprint density at radius 1 is 1.32 bits per heavy atom. The lowest BCUT2D eigenvalue weighted by Crippen LogP contribution is -2.41. The lowest BCUT2D eigenvalue weighted by Gasteiger charge is -2.38. The second-order valence-electron chi connectivity index (χ2n) is 11.8. The van der Waals surface area contributed by atoms with Crippen molar-refractivity contribution in [1.29, 1.82) is 0 Å². The number of ether oxygens (including phenoxy) is 3. The number of hydrogen-bond donors (Lipinski definition) is 2. The fourth-order valence-electron chi connectivity index (χ4n) is 6.11. The molecule has 1 aromatic heterocycles. The van der Waals surface area contributed by atoms with E-state index in [1.165, 1.54) is 17.7 Å². The van der Waals surface area contributed by atoms with Crippen molar-refractivity contribution in [2.45, 2.75) is 76.5 Å². The zero-order chi connectivity index (χ0) is 28.3. The highest BCUT2D eigenvalue weighted by atomic mass is 19.1. The molecule has 1 aromatic carbocycles. The van der Waals surface area contributed by atoms with Crippen molar-refractivity contribution in [2.75, 3.05) is 45.3 Å². The molecule has 1 fully saturated rings. The maximum atomic E-state index is 14.6. The SMILES string of the molecule is COC(C)(C)C1COc2cc(F)cc(C(C(=O)O)N3CCC(OCCCCc4ccc5c(n4)NCCC5)C3)c2C1. The largest absolute Gasteiger partial charge is 0.493 e. The molecule has 1 saturated heterocycles. The molecule has 3 aliphatic heterocycles. The van der Waals surface area contributed by atoms with Crippen LogP contribution in [-0.4, -0.2) is 72.6 Å². The molecule has 0 saturated carbocycles. The Kier molecular flexibility index (Phi) is 8.92. The average Bonchev–Trinajstić information content (AvgIpc) is 3.40. The van der Waals surface area contributed by atoms with Crippen molar-refractivity contribution in [1.82, 2.24) is 9.88 Å². The Hall–Kier alpha value is -2.75. The molecule has 218 valence electrons. The Labute approximate surface area is 236 Å². The Morgan fingerprint density at radius 2 is 2.17 bits per heavy atom. The summed E-state index contributed by atoms with van der Waals surface area (Å²) in [6.07, 6.45) is 6.31. The third kappa shape index (κ3) is 6.42. The normalized spacial score (nSPS) is 21.7. The van der Waals surface area contributed by atoms with Gasteiger partial charge in [-0.25, -0.2) is 9.37 Å². The van der Waals surface area contributed by atoms with Gasteiger partial charge in [0.15, 0.2) is 0 Å². The Morgan fingerprint density at radius 3 is 2.98 bits per heavy atom. The molecule has 2 aromatic rings. The highest BCUT2D eigenvalue weighted by Crippen LogP contribution is 2.40. The summed E-state index contributed by atoms with van der Waals surface area (Å²) in [7, 11) is 1.66. The monoisotopic (exact) mass is 555 g/mol. The van der Waals surface area contributed by atoms with E-state index in [1.807, 2.05) is 18.7 Å². The molecule has 4 heterocycles. The van der Waals surface area contributed by atoms with E-state index in [1.54, 1.807) is 7.11 Å². The first-order chi connectivity index (χ1) is 19.2. The van der Waals surface area contributed by atoms with Gasteiger partial charge in [-0.05, 0) is 82.1 Å². The number of carboxylic acids is 1. The molecule has 2 N–H and O–H groups in total. The van der Waals surface area contributed by atoms with Crippen LogP contribution in [-0.2, 0) is 33.5 Å². The molecule has 9 heteroatoms. The average molecular weight is 556 g/mol. The van der Waals surface area contributed by atoms with Gasteiger partial charge in [0.2, 0.25) is 0 Å². The number of carbonyl (C=O) groups is 1. The quantitative estimate of drug-likeness (QED) is 0.382. The van der Waals surface area contributed by atoms with E-state index in [2.05, 4.69) is 17.4 Å². The van der Waals surface area contributed by atoms with Gasteiger partial charge in [0.25, 0.3) is 0 Å². The maximum absolute atomic E-state index is 14.6. The van der Waals surface area contributed by atoms with Crippen molar-refractivity contribution in [3.8, 4) is 5.75 Å². The summed E-state index contributed by atoms with van der Waals surface area (Å²) in [6, 6.07) is 6.07. The number of benzene rings is 1. The molecule has 3 atom stereocenters. The van der Waals surface area contributed by atoms with Crippen molar-refractivity contribution in [3.05, 3.63) is 52.5 Å². The summed E-state index contributed by atoms with van der Waals surface area (Å²) in [5.41, 5.74) is 3.16. The van der Waals surface area contributed by atoms with E-state index in [0.29, 0.717) is 44.0 Å². The van der Waals surface area contributed by atoms with Crippen LogP contribution in [0.5, 0.6) is 5.75 Å². The number of methoxy groups -OCH3 is 1. The zero-order valence-electron chi connectivity index (χ0n) is 23.9. The number of rotatable bonds is 11. The number of aromatic nitrogens is 1. The summed E-state index contributed by atoms with van der Waals surface area (Å²) in [6.45, 7) is 7.06. The van der Waals surface area contributed by atoms with Crippen molar-refractivity contribution < 1.29 is 28.5 Å². The van der Waals surface area contributed by atoms with E-state index >= 15 is 0 Å². The molecule has 0 spiro atoms. The molecular formula is C31H42FN3O5. The van der Waals surface area contributed by atoms with Gasteiger partial charge in [-0.1, -0.05) is 6.07 Å². The molecule has 0 amide bonds. The second-order valence-corrected chi connectivity index (χ2v) is 11.8. The predicted octanol–water partition coefficient (Wildman–Crippen LogP) is 4.79. The predicted molar refractivity (Wildman–Crippen MR) is 150 cm³/mol. The van der Waals surface area contributed by atoms with Gasteiger partial charge in [0, 0.05) is 56.6 Å². The number of likely N-dealkylation sites (tertiary alicyclic amines) is 1. The summed E-state index contributed by atoms with van der Waals surface area (Å²) in [5.74, 6) is 0.00373. The minimum atomic E-state index is -0.992. The minimum absolute atomic E-state index is 0.0195. The van der Waals surface area contributed by atoms with Crippen LogP contribution < -0.4 is 10.1 Å². The number of halogens is 1. The fraction of sp³-hybridized carbons (Fsp3) is 0.613. The molecule has 3 aliphatic rings. The molecule has 0 aliphatic carbocycles. The first-order valence-corrected chi connectivity index (χ1v) is 14.6. The third-order valence-electron chi connectivity index (χ3n) is 8.81. The highest BCUT2D eigenvalue weighted by Gasteiger charge is 2.40. The van der Waals surface area contributed by atoms with Crippen LogP contribution in [0.25, 0.3) is 0 Å². The van der Waals surface area contributed by atoms with E-state index in [0.717, 1.165) is 62.1 Å². The van der Waals surface area contributed by atoms with Crippen LogP contribution in [0.4, 0.5) is 10.2 Å². The van der Waals surface area contributed by atoms with Crippen molar-refractivity contribution >= 4 is 11.8 Å². The third-order valence-corrected chi connectivity index (χ3v) is 8.81. The number of nitrogens with one attached hydrogen (secondary N) is 1. The van der Waals surface area contributed by atoms with Gasteiger partial charge in [-0.15, -0.1) is 0 Å². The van der Waals surface area contributed by atoms with E-state index in [9.17, 15) is 14.3 Å². The lowest BCUT2D eigenvalue weighted by molar-refractivity contribution is -0.143. The summed E-state index contributed by atoms with van der Waals surface area (Å²) in [5, 5.41) is 13.7.